The van der Waals surface area contributed by atoms with E-state index in [9.17, 15) is 35.3 Å². The van der Waals surface area contributed by atoms with Gasteiger partial charge in [-0.2, -0.15) is 26.3 Å². The molecule has 2 aromatic carbocycles. The number of alkyl halides is 6. The van der Waals surface area contributed by atoms with Gasteiger partial charge in [-0.05, 0) is 103 Å². The van der Waals surface area contributed by atoms with Gasteiger partial charge in [0.1, 0.15) is 23.7 Å². The predicted molar refractivity (Wildman–Crippen MR) is 162 cm³/mol. The van der Waals surface area contributed by atoms with Crippen LogP contribution in [0.25, 0.3) is 0 Å². The Morgan fingerprint density at radius 3 is 1.94 bits per heavy atom. The molecule has 15 heteroatoms. The molecule has 0 aliphatic carbocycles. The Morgan fingerprint density at radius 2 is 1.43 bits per heavy atom. The number of benzene rings is 2. The summed E-state index contributed by atoms with van der Waals surface area (Å²) < 4.78 is 136. The van der Waals surface area contributed by atoms with Crippen molar-refractivity contribution in [3.8, 4) is 5.75 Å². The summed E-state index contributed by atoms with van der Waals surface area (Å²) in [6.45, 7) is 11.4. The molecule has 0 saturated heterocycles. The van der Waals surface area contributed by atoms with Gasteiger partial charge in [0.25, 0.3) is 0 Å². The van der Waals surface area contributed by atoms with Crippen molar-refractivity contribution in [2.24, 2.45) is 4.99 Å². The van der Waals surface area contributed by atoms with Crippen molar-refractivity contribution in [2.75, 3.05) is 19.8 Å². The molecule has 2 aromatic rings. The zero-order valence-electron chi connectivity index (χ0n) is 27.4. The first-order chi connectivity index (χ1) is 21.4. The fourth-order valence-electron chi connectivity index (χ4n) is 4.71. The number of nitrogens with zero attached hydrogens (tertiary/aromatic N) is 1. The second-order valence-electron chi connectivity index (χ2n) is 13.4. The van der Waals surface area contributed by atoms with Crippen LogP contribution in [0, 0.1) is 5.82 Å². The van der Waals surface area contributed by atoms with Crippen LogP contribution in [0.2, 0.25) is 0 Å². The van der Waals surface area contributed by atoms with E-state index in [2.05, 4.69) is 4.99 Å². The molecule has 1 atom stereocenters. The van der Waals surface area contributed by atoms with Gasteiger partial charge in [-0.3, -0.25) is 13.6 Å². The first kappa shape index (κ1) is 38.8. The maximum atomic E-state index is 14.0. The average Bonchev–Trinajstić information content (AvgIpc) is 3.26. The number of aliphatic imine (C=N–C) groups is 1. The number of halogens is 7. The largest absolute Gasteiger partial charge is 0.493 e. The molecule has 1 heterocycles. The number of aryl methyl sites for hydroxylation is 2. The van der Waals surface area contributed by atoms with E-state index in [0.29, 0.717) is 17.5 Å². The van der Waals surface area contributed by atoms with Crippen molar-refractivity contribution in [1.82, 2.24) is 0 Å². The molecule has 1 unspecified atom stereocenters. The fraction of sp³-hybridized carbons (Fsp3) is 0.594. The van der Waals surface area contributed by atoms with Gasteiger partial charge in [0.15, 0.2) is 5.90 Å². The molecule has 1 aliphatic rings. The Bertz CT molecular complexity index is 1440. The van der Waals surface area contributed by atoms with Crippen molar-refractivity contribution in [1.29, 1.82) is 0 Å². The number of rotatable bonds is 13. The Kier molecular flexibility index (Phi) is 11.9. The smallest absolute Gasteiger partial charge is 0.475 e. The lowest BCUT2D eigenvalue weighted by Gasteiger charge is -2.33. The minimum atomic E-state index is -4.83. The minimum Gasteiger partial charge on any atom is -0.493 e. The van der Waals surface area contributed by atoms with Crippen molar-refractivity contribution < 1.29 is 58.3 Å². The number of phosphoric ester groups is 1. The molecule has 0 N–H and O–H groups in total. The number of phosphoric acid groups is 1. The van der Waals surface area contributed by atoms with Crippen molar-refractivity contribution >= 4 is 13.7 Å². The molecule has 0 bridgehead atoms. The third-order valence-electron chi connectivity index (χ3n) is 6.64. The van der Waals surface area contributed by atoms with E-state index in [0.717, 1.165) is 18.2 Å². The van der Waals surface area contributed by atoms with Crippen LogP contribution in [-0.4, -0.2) is 42.5 Å². The van der Waals surface area contributed by atoms with Gasteiger partial charge in [0, 0.05) is 6.92 Å². The lowest BCUT2D eigenvalue weighted by atomic mass is 9.93. The highest BCUT2D eigenvalue weighted by Crippen LogP contribution is 2.56. The lowest BCUT2D eigenvalue weighted by Crippen LogP contribution is -2.36. The highest BCUT2D eigenvalue weighted by molar-refractivity contribution is 7.48. The van der Waals surface area contributed by atoms with Gasteiger partial charge in [0.05, 0.1) is 35.5 Å². The van der Waals surface area contributed by atoms with E-state index < -0.39 is 59.6 Å². The van der Waals surface area contributed by atoms with Gasteiger partial charge in [-0.15, -0.1) is 0 Å². The molecule has 0 aromatic heterocycles. The zero-order chi connectivity index (χ0) is 35.5. The van der Waals surface area contributed by atoms with Gasteiger partial charge < -0.3 is 9.47 Å². The SMILES string of the molecule is CC1=NC(CCc2ccc(OCCCc3ccc(C(F)(F)F)c(F)c3)c(C(F)(F)F)c2)(COP(=O)(OC(C)(C)C)OC(C)(C)C)CO1. The normalized spacial score (nSPS) is 17.9. The van der Waals surface area contributed by atoms with Crippen LogP contribution in [0.5, 0.6) is 5.75 Å². The summed E-state index contributed by atoms with van der Waals surface area (Å²) in [5.41, 5.74) is -4.66. The Hall–Kier alpha value is -2.67. The standard InChI is InChI=1S/C32H41F7NO6P/c1-21-40-30(19-43-21,20-44-47(41,45-28(2,3)4)46-29(5,6)7)15-14-23-11-13-27(25(17-23)32(37,38)39)42-16-8-9-22-10-12-24(26(33)18-22)31(34,35)36/h10-13,17-18H,8-9,14-16,19-20H2,1-7H3. The second-order valence-corrected chi connectivity index (χ2v) is 14.9. The van der Waals surface area contributed by atoms with Gasteiger partial charge in [-0.25, -0.2) is 13.9 Å². The summed E-state index contributed by atoms with van der Waals surface area (Å²) in [6.07, 6.45) is -9.06. The second kappa shape index (κ2) is 14.4. The molecule has 7 nitrogen and oxygen atoms in total. The van der Waals surface area contributed by atoms with Crippen LogP contribution >= 0.6 is 7.82 Å². The van der Waals surface area contributed by atoms with Gasteiger partial charge >= 0.3 is 20.2 Å². The molecular formula is C32H41F7NO6P. The third-order valence-corrected chi connectivity index (χ3v) is 8.63. The maximum absolute atomic E-state index is 14.0. The molecule has 0 radical (unpaired) electrons. The van der Waals surface area contributed by atoms with E-state index in [1.807, 2.05) is 0 Å². The van der Waals surface area contributed by atoms with Crippen molar-refractivity contribution in [2.45, 2.75) is 103 Å². The molecule has 0 saturated carbocycles. The summed E-state index contributed by atoms with van der Waals surface area (Å²) >= 11 is 0. The van der Waals surface area contributed by atoms with Crippen LogP contribution in [0.3, 0.4) is 0 Å². The summed E-state index contributed by atoms with van der Waals surface area (Å²) in [6, 6.07) is 6.15. The first-order valence-corrected chi connectivity index (χ1v) is 16.4. The molecule has 0 amide bonds. The summed E-state index contributed by atoms with van der Waals surface area (Å²) in [5.74, 6) is -1.50. The van der Waals surface area contributed by atoms with E-state index in [-0.39, 0.29) is 51.1 Å². The van der Waals surface area contributed by atoms with Crippen molar-refractivity contribution in [3.63, 3.8) is 0 Å². The maximum Gasteiger partial charge on any atom is 0.475 e. The number of ether oxygens (including phenoxy) is 2. The quantitative estimate of drug-likeness (QED) is 0.118. The Balaban J connectivity index is 1.70. The van der Waals surface area contributed by atoms with Gasteiger partial charge in [0.2, 0.25) is 0 Å². The molecule has 0 spiro atoms. The molecule has 3 rings (SSSR count). The minimum absolute atomic E-state index is 0.0417. The topological polar surface area (TPSA) is 75.6 Å². The highest BCUT2D eigenvalue weighted by Gasteiger charge is 2.43. The molecule has 47 heavy (non-hydrogen) atoms. The highest BCUT2D eigenvalue weighted by atomic mass is 31.2. The monoisotopic (exact) mass is 699 g/mol. The summed E-state index contributed by atoms with van der Waals surface area (Å²) in [7, 11) is -4.11. The van der Waals surface area contributed by atoms with Gasteiger partial charge in [-0.1, -0.05) is 12.1 Å². The molecule has 264 valence electrons. The molecule has 1 aliphatic heterocycles. The van der Waals surface area contributed by atoms with Crippen molar-refractivity contribution in [3.05, 3.63) is 64.5 Å². The predicted octanol–water partition coefficient (Wildman–Crippen LogP) is 9.75. The van der Waals surface area contributed by atoms with Crippen LogP contribution in [0.4, 0.5) is 30.7 Å². The van der Waals surface area contributed by atoms with Crippen LogP contribution in [-0.2, 0) is 48.1 Å². The summed E-state index contributed by atoms with van der Waals surface area (Å²) in [5, 5.41) is 0. The van der Waals surface area contributed by atoms with Crippen LogP contribution < -0.4 is 4.74 Å². The Morgan fingerprint density at radius 1 is 0.851 bits per heavy atom. The van der Waals surface area contributed by atoms with E-state index in [1.54, 1.807) is 48.5 Å². The average molecular weight is 700 g/mol. The number of hydrogen-bond acceptors (Lipinski definition) is 7. The summed E-state index contributed by atoms with van der Waals surface area (Å²) in [4.78, 5) is 4.53. The Labute approximate surface area is 270 Å². The molecule has 0 fully saturated rings. The van der Waals surface area contributed by atoms with E-state index in [1.165, 1.54) is 12.1 Å². The third kappa shape index (κ3) is 12.1. The zero-order valence-corrected chi connectivity index (χ0v) is 28.3. The lowest BCUT2D eigenvalue weighted by molar-refractivity contribution is -0.140. The van der Waals surface area contributed by atoms with E-state index in [4.69, 9.17) is 23.0 Å². The molecular weight excluding hydrogens is 658 g/mol. The van der Waals surface area contributed by atoms with Crippen LogP contribution in [0.1, 0.15) is 83.6 Å². The van der Waals surface area contributed by atoms with E-state index >= 15 is 0 Å². The van der Waals surface area contributed by atoms with Crippen LogP contribution in [0.15, 0.2) is 41.4 Å². The first-order valence-electron chi connectivity index (χ1n) is 14.9. The fourth-order valence-corrected chi connectivity index (χ4v) is 6.60. The number of hydrogen-bond donors (Lipinski definition) is 0.